The quantitative estimate of drug-likeness (QED) is 0.0351. The minimum Gasteiger partial charge on any atom is -0.465 e. The minimum absolute atomic E-state index is 0.0311. The van der Waals surface area contributed by atoms with Crippen molar-refractivity contribution in [1.29, 1.82) is 0 Å². The van der Waals surface area contributed by atoms with Gasteiger partial charge in [-0.15, -0.1) is 11.8 Å². The SMILES string of the molecule is CCCCCCCCCCCCCOC(=O)C(C)SC(CCCCCCC)C(OC(=O)CCCN(CCO)CC(O)CCCCCCCC)C(=O)OCCC. The highest BCUT2D eigenvalue weighted by atomic mass is 32.2. The summed E-state index contributed by atoms with van der Waals surface area (Å²) in [6.45, 7) is 12.3. The molecular formula is C45H87NO8S. The van der Waals surface area contributed by atoms with Crippen LogP contribution in [0, 0.1) is 0 Å². The molecule has 0 aromatic heterocycles. The number of hydrogen-bond acceptors (Lipinski definition) is 10. The van der Waals surface area contributed by atoms with E-state index in [0.717, 1.165) is 70.6 Å². The first-order chi connectivity index (χ1) is 26.7. The maximum atomic E-state index is 13.4. The van der Waals surface area contributed by atoms with Crippen LogP contribution in [0.2, 0.25) is 0 Å². The normalized spacial score (nSPS) is 13.7. The molecular weight excluding hydrogens is 715 g/mol. The van der Waals surface area contributed by atoms with Crippen LogP contribution in [0.3, 0.4) is 0 Å². The van der Waals surface area contributed by atoms with E-state index >= 15 is 0 Å². The predicted octanol–water partition coefficient (Wildman–Crippen LogP) is 10.7. The molecule has 4 unspecified atom stereocenters. The summed E-state index contributed by atoms with van der Waals surface area (Å²) in [7, 11) is 0. The second kappa shape index (κ2) is 39.5. The number of unbranched alkanes of at least 4 members (excludes halogenated alkanes) is 19. The lowest BCUT2D eigenvalue weighted by molar-refractivity contribution is -0.168. The van der Waals surface area contributed by atoms with E-state index < -0.39 is 34.6 Å². The number of esters is 3. The van der Waals surface area contributed by atoms with Crippen LogP contribution in [0.5, 0.6) is 0 Å². The Labute approximate surface area is 342 Å². The molecule has 55 heavy (non-hydrogen) atoms. The van der Waals surface area contributed by atoms with Crippen LogP contribution in [0.4, 0.5) is 0 Å². The van der Waals surface area contributed by atoms with Crippen LogP contribution >= 0.6 is 11.8 Å². The van der Waals surface area contributed by atoms with E-state index in [1.807, 2.05) is 18.7 Å². The van der Waals surface area contributed by atoms with Gasteiger partial charge in [-0.2, -0.15) is 0 Å². The molecule has 0 saturated heterocycles. The lowest BCUT2D eigenvalue weighted by atomic mass is 10.1. The van der Waals surface area contributed by atoms with E-state index in [4.69, 9.17) is 14.2 Å². The molecule has 0 aromatic carbocycles. The zero-order valence-corrected chi connectivity index (χ0v) is 37.2. The average molecular weight is 802 g/mol. The van der Waals surface area contributed by atoms with Gasteiger partial charge in [-0.05, 0) is 45.6 Å². The highest BCUT2D eigenvalue weighted by Crippen LogP contribution is 2.30. The van der Waals surface area contributed by atoms with Crippen molar-refractivity contribution in [2.45, 2.75) is 231 Å². The van der Waals surface area contributed by atoms with Crippen molar-refractivity contribution in [2.24, 2.45) is 0 Å². The van der Waals surface area contributed by atoms with Crippen molar-refractivity contribution in [2.75, 3.05) is 39.5 Å². The van der Waals surface area contributed by atoms with Crippen LogP contribution in [0.25, 0.3) is 0 Å². The third kappa shape index (κ3) is 32.3. The van der Waals surface area contributed by atoms with Crippen LogP contribution in [-0.2, 0) is 28.6 Å². The first kappa shape index (κ1) is 53.6. The molecule has 0 aromatic rings. The molecule has 2 N–H and O–H groups in total. The highest BCUT2D eigenvalue weighted by molar-refractivity contribution is 8.01. The van der Waals surface area contributed by atoms with Gasteiger partial charge in [-0.25, -0.2) is 4.79 Å². The number of thioether (sulfide) groups is 1. The summed E-state index contributed by atoms with van der Waals surface area (Å²) < 4.78 is 17.1. The van der Waals surface area contributed by atoms with E-state index in [9.17, 15) is 24.6 Å². The topological polar surface area (TPSA) is 123 Å². The van der Waals surface area contributed by atoms with Gasteiger partial charge in [0.15, 0.2) is 0 Å². The zero-order valence-electron chi connectivity index (χ0n) is 36.3. The standard InChI is InChI=1S/C45H87NO8S/c1-6-10-13-16-18-19-20-21-22-25-28-37-53-44(50)39(5)55-41(31-27-23-15-12-8-3)43(45(51)52-36-9-4)54-42(49)32-29-33-46(34-35-47)38-40(48)30-26-24-17-14-11-7-2/h39-41,43,47-48H,6-38H2,1-5H3. The number of aliphatic hydroxyl groups is 2. The summed E-state index contributed by atoms with van der Waals surface area (Å²) in [6, 6.07) is 0. The first-order valence-electron chi connectivity index (χ1n) is 22.9. The fourth-order valence-electron chi connectivity index (χ4n) is 6.81. The summed E-state index contributed by atoms with van der Waals surface area (Å²) >= 11 is 1.35. The Hall–Kier alpha value is -1.36. The molecule has 9 nitrogen and oxygen atoms in total. The molecule has 0 spiro atoms. The molecule has 0 rings (SSSR count). The fourth-order valence-corrected chi connectivity index (χ4v) is 8.12. The molecule has 10 heteroatoms. The molecule has 0 radical (unpaired) electrons. The maximum absolute atomic E-state index is 13.4. The molecule has 4 atom stereocenters. The van der Waals surface area contributed by atoms with E-state index in [-0.39, 0.29) is 25.6 Å². The minimum atomic E-state index is -1.12. The van der Waals surface area contributed by atoms with E-state index in [2.05, 4.69) is 20.8 Å². The first-order valence-corrected chi connectivity index (χ1v) is 23.9. The summed E-state index contributed by atoms with van der Waals surface area (Å²) in [5.41, 5.74) is 0. The van der Waals surface area contributed by atoms with E-state index in [1.54, 1.807) is 0 Å². The van der Waals surface area contributed by atoms with E-state index in [0.29, 0.717) is 45.5 Å². The smallest absolute Gasteiger partial charge is 0.348 e. The molecule has 0 aliphatic heterocycles. The molecule has 0 saturated carbocycles. The second-order valence-electron chi connectivity index (χ2n) is 15.6. The lowest BCUT2D eigenvalue weighted by Gasteiger charge is -2.27. The van der Waals surface area contributed by atoms with Crippen LogP contribution < -0.4 is 0 Å². The number of ether oxygens (including phenoxy) is 3. The number of nitrogens with zero attached hydrogens (tertiary/aromatic N) is 1. The number of aliphatic hydroxyl groups excluding tert-OH is 2. The molecule has 0 aliphatic carbocycles. The monoisotopic (exact) mass is 802 g/mol. The van der Waals surface area contributed by atoms with Gasteiger partial charge in [0, 0.05) is 19.5 Å². The predicted molar refractivity (Wildman–Crippen MR) is 230 cm³/mol. The Kier molecular flexibility index (Phi) is 38.5. The van der Waals surface area contributed by atoms with Crippen LogP contribution in [0.1, 0.15) is 208 Å². The maximum Gasteiger partial charge on any atom is 0.348 e. The third-order valence-corrected chi connectivity index (χ3v) is 11.6. The van der Waals surface area contributed by atoms with E-state index in [1.165, 1.54) is 88.8 Å². The molecule has 0 fully saturated rings. The van der Waals surface area contributed by atoms with Crippen molar-refractivity contribution in [3.05, 3.63) is 0 Å². The number of carbonyl (C=O) groups excluding carboxylic acids is 3. The van der Waals surface area contributed by atoms with Crippen molar-refractivity contribution in [3.8, 4) is 0 Å². The summed E-state index contributed by atoms with van der Waals surface area (Å²) in [4.78, 5) is 41.8. The van der Waals surface area contributed by atoms with Gasteiger partial charge in [0.05, 0.1) is 31.2 Å². The number of hydrogen-bond donors (Lipinski definition) is 2. The van der Waals surface area contributed by atoms with Crippen molar-refractivity contribution < 1.29 is 38.8 Å². The third-order valence-electron chi connectivity index (χ3n) is 10.2. The van der Waals surface area contributed by atoms with Gasteiger partial charge < -0.3 is 24.4 Å². The Morgan fingerprint density at radius 3 is 1.60 bits per heavy atom. The fraction of sp³-hybridized carbons (Fsp3) is 0.933. The summed E-state index contributed by atoms with van der Waals surface area (Å²) in [5.74, 6) is -1.36. The molecule has 326 valence electrons. The molecule has 0 bridgehead atoms. The summed E-state index contributed by atoms with van der Waals surface area (Å²) in [6.07, 6.45) is 26.6. The van der Waals surface area contributed by atoms with Crippen LogP contribution in [0.15, 0.2) is 0 Å². The molecule has 0 amide bonds. The Morgan fingerprint density at radius 2 is 1.07 bits per heavy atom. The molecule has 0 aliphatic rings. The highest BCUT2D eigenvalue weighted by Gasteiger charge is 2.36. The Morgan fingerprint density at radius 1 is 0.582 bits per heavy atom. The van der Waals surface area contributed by atoms with Gasteiger partial charge in [-0.3, -0.25) is 14.5 Å². The molecule has 0 heterocycles. The van der Waals surface area contributed by atoms with Gasteiger partial charge in [0.1, 0.15) is 5.25 Å². The number of carbonyl (C=O) groups is 3. The van der Waals surface area contributed by atoms with Gasteiger partial charge >= 0.3 is 17.9 Å². The Balaban J connectivity index is 5.18. The van der Waals surface area contributed by atoms with Gasteiger partial charge in [0.2, 0.25) is 6.10 Å². The summed E-state index contributed by atoms with van der Waals surface area (Å²) in [5, 5.41) is 19.3. The lowest BCUT2D eigenvalue weighted by Crippen LogP contribution is -2.40. The zero-order chi connectivity index (χ0) is 40.8. The van der Waals surface area contributed by atoms with Crippen molar-refractivity contribution >= 4 is 29.7 Å². The van der Waals surface area contributed by atoms with Gasteiger partial charge in [-0.1, -0.05) is 163 Å². The number of rotatable bonds is 41. The second-order valence-corrected chi connectivity index (χ2v) is 17.2. The van der Waals surface area contributed by atoms with Crippen molar-refractivity contribution in [3.63, 3.8) is 0 Å². The Bertz CT molecular complexity index is 893. The van der Waals surface area contributed by atoms with Gasteiger partial charge in [0.25, 0.3) is 0 Å². The largest absolute Gasteiger partial charge is 0.465 e. The average Bonchev–Trinajstić information content (AvgIpc) is 3.17. The van der Waals surface area contributed by atoms with Crippen LogP contribution in [-0.4, -0.2) is 95.2 Å². The van der Waals surface area contributed by atoms with Crippen molar-refractivity contribution in [1.82, 2.24) is 4.90 Å².